The van der Waals surface area contributed by atoms with Gasteiger partial charge in [0.2, 0.25) is 15.9 Å². The Morgan fingerprint density at radius 1 is 0.886 bits per heavy atom. The molecule has 3 aromatic rings. The summed E-state index contributed by atoms with van der Waals surface area (Å²) >= 11 is 0. The molecule has 3 fully saturated rings. The smallest absolute Gasteiger partial charge is 0.255 e. The molecule has 0 saturated heterocycles. The van der Waals surface area contributed by atoms with Crippen molar-refractivity contribution < 1.29 is 18.0 Å². The molecule has 6 rings (SSSR count). The third-order valence-electron chi connectivity index (χ3n) is 7.07. The fraction of sp³-hybridized carbons (Fsp3) is 0.333. The van der Waals surface area contributed by atoms with Crippen molar-refractivity contribution in [2.24, 2.45) is 0 Å². The third kappa shape index (κ3) is 4.21. The van der Waals surface area contributed by atoms with Gasteiger partial charge >= 0.3 is 0 Å². The highest BCUT2D eigenvalue weighted by Crippen LogP contribution is 2.61. The molecule has 2 amide bonds. The van der Waals surface area contributed by atoms with Crippen LogP contribution >= 0.6 is 0 Å². The molecule has 3 saturated carbocycles. The van der Waals surface area contributed by atoms with Crippen LogP contribution in [0.1, 0.15) is 54.9 Å². The van der Waals surface area contributed by atoms with Gasteiger partial charge in [-0.3, -0.25) is 9.59 Å². The van der Waals surface area contributed by atoms with E-state index in [-0.39, 0.29) is 22.2 Å². The second-order valence-corrected chi connectivity index (χ2v) is 11.6. The predicted molar refractivity (Wildman–Crippen MR) is 136 cm³/mol. The molecule has 0 spiro atoms. The quantitative estimate of drug-likeness (QED) is 0.438. The first-order valence-corrected chi connectivity index (χ1v) is 13.4. The van der Waals surface area contributed by atoms with Crippen LogP contribution in [0.2, 0.25) is 0 Å². The standard InChI is InChI=1S/C27H29N3O4S/c1-3-8-24(31)29-26-15-27(16-26,17-26)30-35(33,34)23-14-13-22(20-11-6-7-12-21(20)23)28-25(32)19-10-5-4-9-18(19)2/h4-7,9-14,30H,3,8,15-17H2,1-2H3,(H,28,32)(H,29,31). The molecular weight excluding hydrogens is 462 g/mol. The van der Waals surface area contributed by atoms with E-state index in [0.717, 1.165) is 12.0 Å². The van der Waals surface area contributed by atoms with Gasteiger partial charge in [-0.1, -0.05) is 49.4 Å². The van der Waals surface area contributed by atoms with Crippen molar-refractivity contribution in [2.45, 2.75) is 61.9 Å². The normalized spacial score (nSPS) is 22.7. The SMILES string of the molecule is CCCC(=O)NC12CC(NS(=O)(=O)c3ccc(NC(=O)c4ccccc4C)c4ccccc34)(C1)C2. The average Bonchev–Trinajstić information content (AvgIpc) is 2.77. The van der Waals surface area contributed by atoms with E-state index in [1.807, 2.05) is 38.1 Å². The van der Waals surface area contributed by atoms with Crippen LogP contribution in [0.15, 0.2) is 65.6 Å². The summed E-state index contributed by atoms with van der Waals surface area (Å²) in [6, 6.07) is 17.7. The molecule has 3 aliphatic rings. The van der Waals surface area contributed by atoms with Crippen LogP contribution in [-0.4, -0.2) is 31.3 Å². The second kappa shape index (κ2) is 8.46. The summed E-state index contributed by atoms with van der Waals surface area (Å²) in [5, 5.41) is 7.20. The molecule has 0 radical (unpaired) electrons. The summed E-state index contributed by atoms with van der Waals surface area (Å²) in [5.74, 6) is -0.218. The van der Waals surface area contributed by atoms with Gasteiger partial charge in [-0.05, 0) is 56.4 Å². The number of benzene rings is 3. The minimum atomic E-state index is -3.81. The molecule has 0 unspecified atom stereocenters. The third-order valence-corrected chi connectivity index (χ3v) is 8.71. The molecular formula is C27H29N3O4S. The Bertz CT molecular complexity index is 1430. The summed E-state index contributed by atoms with van der Waals surface area (Å²) in [7, 11) is -3.81. The van der Waals surface area contributed by atoms with Gasteiger partial charge < -0.3 is 10.6 Å². The van der Waals surface area contributed by atoms with Crippen LogP contribution in [-0.2, 0) is 14.8 Å². The molecule has 3 aromatic carbocycles. The molecule has 182 valence electrons. The molecule has 2 bridgehead atoms. The van der Waals surface area contributed by atoms with Crippen molar-refractivity contribution in [1.82, 2.24) is 10.0 Å². The second-order valence-electron chi connectivity index (χ2n) is 9.92. The minimum absolute atomic E-state index is 0.0259. The lowest BCUT2D eigenvalue weighted by Crippen LogP contribution is -2.83. The van der Waals surface area contributed by atoms with Crippen molar-refractivity contribution in [3.05, 3.63) is 71.8 Å². The summed E-state index contributed by atoms with van der Waals surface area (Å²) in [5.41, 5.74) is 1.21. The largest absolute Gasteiger partial charge is 0.350 e. The van der Waals surface area contributed by atoms with E-state index < -0.39 is 15.6 Å². The van der Waals surface area contributed by atoms with Crippen molar-refractivity contribution in [3.63, 3.8) is 0 Å². The first-order chi connectivity index (χ1) is 16.7. The van der Waals surface area contributed by atoms with E-state index >= 15 is 0 Å². The van der Waals surface area contributed by atoms with Crippen LogP contribution in [0.3, 0.4) is 0 Å². The highest BCUT2D eigenvalue weighted by molar-refractivity contribution is 7.89. The van der Waals surface area contributed by atoms with E-state index in [2.05, 4.69) is 15.4 Å². The minimum Gasteiger partial charge on any atom is -0.350 e. The Balaban J connectivity index is 1.37. The van der Waals surface area contributed by atoms with Gasteiger partial charge in [0.05, 0.1) is 4.90 Å². The number of hydrogen-bond acceptors (Lipinski definition) is 4. The van der Waals surface area contributed by atoms with Gasteiger partial charge in [0.25, 0.3) is 5.91 Å². The Morgan fingerprint density at radius 2 is 1.54 bits per heavy atom. The summed E-state index contributed by atoms with van der Waals surface area (Å²) in [4.78, 5) is 25.0. The van der Waals surface area contributed by atoms with Gasteiger partial charge in [-0.15, -0.1) is 0 Å². The van der Waals surface area contributed by atoms with Gasteiger partial charge in [0, 0.05) is 39.5 Å². The fourth-order valence-electron chi connectivity index (χ4n) is 5.59. The maximum Gasteiger partial charge on any atom is 0.255 e. The molecule has 3 aliphatic carbocycles. The number of carbonyl (C=O) groups excluding carboxylic acids is 2. The zero-order valence-electron chi connectivity index (χ0n) is 19.9. The van der Waals surface area contributed by atoms with E-state index in [1.165, 1.54) is 0 Å². The number of rotatable bonds is 8. The zero-order chi connectivity index (χ0) is 24.8. The van der Waals surface area contributed by atoms with Crippen LogP contribution in [0.4, 0.5) is 5.69 Å². The zero-order valence-corrected chi connectivity index (χ0v) is 20.7. The van der Waals surface area contributed by atoms with E-state index in [1.54, 1.807) is 36.4 Å². The number of nitrogens with one attached hydrogen (secondary N) is 3. The molecule has 0 heterocycles. The first-order valence-electron chi connectivity index (χ1n) is 11.9. The Kier molecular flexibility index (Phi) is 5.68. The lowest BCUT2D eigenvalue weighted by Gasteiger charge is -2.70. The number of sulfonamides is 1. The maximum atomic E-state index is 13.4. The van der Waals surface area contributed by atoms with Crippen molar-refractivity contribution in [2.75, 3.05) is 5.32 Å². The van der Waals surface area contributed by atoms with Crippen LogP contribution in [0.5, 0.6) is 0 Å². The molecule has 0 atom stereocenters. The lowest BCUT2D eigenvalue weighted by atomic mass is 9.44. The van der Waals surface area contributed by atoms with Gasteiger partial charge in [-0.2, -0.15) is 0 Å². The first kappa shape index (κ1) is 23.5. The van der Waals surface area contributed by atoms with Crippen LogP contribution in [0.25, 0.3) is 10.8 Å². The number of aryl methyl sites for hydroxylation is 1. The maximum absolute atomic E-state index is 13.4. The number of anilines is 1. The Hall–Kier alpha value is -3.23. The highest BCUT2D eigenvalue weighted by Gasteiger charge is 2.69. The Labute approximate surface area is 205 Å². The van der Waals surface area contributed by atoms with Crippen molar-refractivity contribution in [1.29, 1.82) is 0 Å². The monoisotopic (exact) mass is 491 g/mol. The summed E-state index contributed by atoms with van der Waals surface area (Å²) in [6.45, 7) is 3.83. The molecule has 0 aromatic heterocycles. The fourth-order valence-corrected chi connectivity index (χ4v) is 7.20. The number of fused-ring (bicyclic) bond motifs is 1. The van der Waals surface area contributed by atoms with Crippen molar-refractivity contribution in [3.8, 4) is 0 Å². The molecule has 8 heteroatoms. The number of carbonyl (C=O) groups is 2. The molecule has 3 N–H and O–H groups in total. The molecule has 35 heavy (non-hydrogen) atoms. The summed E-state index contributed by atoms with van der Waals surface area (Å²) < 4.78 is 29.7. The van der Waals surface area contributed by atoms with Crippen molar-refractivity contribution >= 4 is 38.3 Å². The van der Waals surface area contributed by atoms with Gasteiger partial charge in [-0.25, -0.2) is 13.1 Å². The van der Waals surface area contributed by atoms with Gasteiger partial charge in [0.15, 0.2) is 0 Å². The van der Waals surface area contributed by atoms with Gasteiger partial charge in [0.1, 0.15) is 0 Å². The van der Waals surface area contributed by atoms with E-state index in [9.17, 15) is 18.0 Å². The van der Waals surface area contributed by atoms with Crippen LogP contribution < -0.4 is 15.4 Å². The topological polar surface area (TPSA) is 104 Å². The van der Waals surface area contributed by atoms with E-state index in [4.69, 9.17) is 0 Å². The molecule has 7 nitrogen and oxygen atoms in total. The summed E-state index contributed by atoms with van der Waals surface area (Å²) in [6.07, 6.45) is 3.10. The number of hydrogen-bond donors (Lipinski definition) is 3. The lowest BCUT2D eigenvalue weighted by molar-refractivity contribution is -0.138. The van der Waals surface area contributed by atoms with E-state index in [0.29, 0.717) is 47.7 Å². The van der Waals surface area contributed by atoms with Crippen LogP contribution in [0, 0.1) is 6.92 Å². The average molecular weight is 492 g/mol. The Morgan fingerprint density at radius 3 is 2.23 bits per heavy atom. The predicted octanol–water partition coefficient (Wildman–Crippen LogP) is 4.27. The number of amides is 2. The highest BCUT2D eigenvalue weighted by atomic mass is 32.2. The molecule has 0 aliphatic heterocycles.